The van der Waals surface area contributed by atoms with Crippen LogP contribution in [-0.4, -0.2) is 77.5 Å². The molecule has 1 unspecified atom stereocenters. The molecule has 1 spiro atoms. The van der Waals surface area contributed by atoms with Gasteiger partial charge in [-0.25, -0.2) is 4.79 Å². The van der Waals surface area contributed by atoms with Crippen LogP contribution in [0.1, 0.15) is 72.3 Å². The van der Waals surface area contributed by atoms with Gasteiger partial charge in [-0.05, 0) is 55.9 Å². The van der Waals surface area contributed by atoms with Crippen molar-refractivity contribution in [3.63, 3.8) is 0 Å². The Kier molecular flexibility index (Phi) is 9.21. The van der Waals surface area contributed by atoms with Crippen molar-refractivity contribution in [2.75, 3.05) is 13.3 Å². The number of Topliss-reactive ketones (excluding diaryl/α,β-unsaturated/α-hetero) is 1. The lowest BCUT2D eigenvalue weighted by molar-refractivity contribution is -0.143. The summed E-state index contributed by atoms with van der Waals surface area (Å²) in [6, 6.07) is 1.52. The van der Waals surface area contributed by atoms with E-state index in [1.54, 1.807) is 26.0 Å². The Morgan fingerprint density at radius 2 is 1.78 bits per heavy atom. The SMILES string of the molecule is CC(C)NC(=O)N[C@H](C(=O)N1C[C@@]2(C=C(c3ccc4c(c3)OCO4)NO2)C[C@H]1C(=O)NC(CC1CCC1)C(=O)C(N)=O)C(C)(C)C. The molecule has 5 rings (SSSR count). The number of nitrogens with two attached hydrogens (primary N) is 1. The second-order valence-electron chi connectivity index (χ2n) is 14.0. The summed E-state index contributed by atoms with van der Waals surface area (Å²) in [5.74, 6) is -1.73. The highest BCUT2D eigenvalue weighted by atomic mass is 16.7. The molecule has 5 amide bonds. The molecule has 1 aromatic carbocycles. The van der Waals surface area contributed by atoms with E-state index in [-0.39, 0.29) is 38.1 Å². The first-order valence-corrected chi connectivity index (χ1v) is 15.7. The van der Waals surface area contributed by atoms with Gasteiger partial charge in [-0.15, -0.1) is 0 Å². The zero-order valence-electron chi connectivity index (χ0n) is 26.9. The van der Waals surface area contributed by atoms with Gasteiger partial charge < -0.3 is 36.1 Å². The molecule has 4 aliphatic rings. The lowest BCUT2D eigenvalue weighted by atomic mass is 9.80. The number of hydroxylamine groups is 1. The van der Waals surface area contributed by atoms with E-state index in [4.69, 9.17) is 20.0 Å². The van der Waals surface area contributed by atoms with E-state index in [0.717, 1.165) is 24.8 Å². The third-order valence-electron chi connectivity index (χ3n) is 8.87. The van der Waals surface area contributed by atoms with Crippen LogP contribution in [0.3, 0.4) is 0 Å². The maximum Gasteiger partial charge on any atom is 0.315 e. The Morgan fingerprint density at radius 1 is 1.07 bits per heavy atom. The number of fused-ring (bicyclic) bond motifs is 1. The maximum absolute atomic E-state index is 14.3. The van der Waals surface area contributed by atoms with Gasteiger partial charge >= 0.3 is 6.03 Å². The van der Waals surface area contributed by atoms with Crippen LogP contribution < -0.4 is 36.6 Å². The van der Waals surface area contributed by atoms with Crippen LogP contribution in [0.2, 0.25) is 0 Å². The average Bonchev–Trinajstić information content (AvgIpc) is 3.69. The summed E-state index contributed by atoms with van der Waals surface area (Å²) < 4.78 is 10.9. The molecule has 250 valence electrons. The summed E-state index contributed by atoms with van der Waals surface area (Å²) in [5, 5.41) is 8.28. The van der Waals surface area contributed by atoms with Crippen LogP contribution in [0, 0.1) is 11.3 Å². The summed E-state index contributed by atoms with van der Waals surface area (Å²) in [5.41, 5.74) is 7.79. The van der Waals surface area contributed by atoms with Crippen molar-refractivity contribution in [2.24, 2.45) is 17.1 Å². The summed E-state index contributed by atoms with van der Waals surface area (Å²) in [6.45, 7) is 9.16. The molecule has 4 atom stereocenters. The number of hydrogen-bond acceptors (Lipinski definition) is 9. The molecule has 2 fully saturated rings. The number of ketones is 1. The minimum Gasteiger partial charge on any atom is -0.454 e. The average molecular weight is 641 g/mol. The van der Waals surface area contributed by atoms with Gasteiger partial charge in [-0.1, -0.05) is 40.0 Å². The minimum absolute atomic E-state index is 0.0257. The van der Waals surface area contributed by atoms with Crippen LogP contribution in [0.5, 0.6) is 11.5 Å². The van der Waals surface area contributed by atoms with Crippen molar-refractivity contribution in [3.8, 4) is 11.5 Å². The molecule has 46 heavy (non-hydrogen) atoms. The fourth-order valence-electron chi connectivity index (χ4n) is 6.21. The van der Waals surface area contributed by atoms with Crippen LogP contribution in [0.4, 0.5) is 4.79 Å². The van der Waals surface area contributed by atoms with Crippen molar-refractivity contribution >= 4 is 35.2 Å². The Labute approximate surface area is 268 Å². The molecule has 1 aliphatic carbocycles. The number of hydrogen-bond donors (Lipinski definition) is 5. The predicted octanol–water partition coefficient (Wildman–Crippen LogP) is 1.48. The van der Waals surface area contributed by atoms with Gasteiger partial charge in [-0.2, -0.15) is 0 Å². The van der Waals surface area contributed by atoms with E-state index >= 15 is 0 Å². The lowest BCUT2D eigenvalue weighted by Crippen LogP contribution is -2.60. The van der Waals surface area contributed by atoms with Crippen LogP contribution in [-0.2, 0) is 24.0 Å². The molecular formula is C32H44N6O8. The molecule has 6 N–H and O–H groups in total. The molecule has 1 aromatic rings. The number of carbonyl (C=O) groups is 5. The molecule has 0 aromatic heterocycles. The molecular weight excluding hydrogens is 596 g/mol. The van der Waals surface area contributed by atoms with Gasteiger partial charge in [0, 0.05) is 18.0 Å². The molecule has 14 heteroatoms. The number of amides is 5. The number of likely N-dealkylation sites (tertiary alicyclic amines) is 1. The second-order valence-corrected chi connectivity index (χ2v) is 14.0. The highest BCUT2D eigenvalue weighted by Gasteiger charge is 2.54. The fraction of sp³-hybridized carbons (Fsp3) is 0.594. The van der Waals surface area contributed by atoms with E-state index < -0.39 is 58.7 Å². The van der Waals surface area contributed by atoms with Gasteiger partial charge in [0.25, 0.3) is 5.91 Å². The smallest absolute Gasteiger partial charge is 0.315 e. The highest BCUT2D eigenvalue weighted by Crippen LogP contribution is 2.41. The largest absolute Gasteiger partial charge is 0.454 e. The zero-order valence-corrected chi connectivity index (χ0v) is 26.9. The summed E-state index contributed by atoms with van der Waals surface area (Å²) in [4.78, 5) is 73.3. The Morgan fingerprint density at radius 3 is 2.41 bits per heavy atom. The highest BCUT2D eigenvalue weighted by molar-refractivity contribution is 6.37. The monoisotopic (exact) mass is 640 g/mol. The van der Waals surface area contributed by atoms with E-state index in [0.29, 0.717) is 17.2 Å². The van der Waals surface area contributed by atoms with Crippen molar-refractivity contribution < 1.29 is 38.3 Å². The quantitative estimate of drug-likeness (QED) is 0.236. The summed E-state index contributed by atoms with van der Waals surface area (Å²) in [7, 11) is 0. The number of ether oxygens (including phenoxy) is 2. The normalized spacial score (nSPS) is 23.3. The van der Waals surface area contributed by atoms with E-state index in [1.807, 2.05) is 32.9 Å². The zero-order chi connectivity index (χ0) is 33.4. The van der Waals surface area contributed by atoms with Crippen molar-refractivity contribution in [1.82, 2.24) is 26.3 Å². The van der Waals surface area contributed by atoms with E-state index in [9.17, 15) is 24.0 Å². The number of rotatable bonds is 10. The first-order chi connectivity index (χ1) is 21.7. The van der Waals surface area contributed by atoms with Gasteiger partial charge in [0.05, 0.1) is 18.3 Å². The molecule has 3 aliphatic heterocycles. The fourth-order valence-corrected chi connectivity index (χ4v) is 6.21. The lowest BCUT2D eigenvalue weighted by Gasteiger charge is -2.36. The summed E-state index contributed by atoms with van der Waals surface area (Å²) >= 11 is 0. The number of nitrogens with one attached hydrogen (secondary N) is 4. The van der Waals surface area contributed by atoms with Crippen molar-refractivity contribution in [1.29, 1.82) is 0 Å². The first kappa shape index (κ1) is 33.0. The first-order valence-electron chi connectivity index (χ1n) is 15.7. The minimum atomic E-state index is -1.13. The van der Waals surface area contributed by atoms with Crippen molar-refractivity contribution in [2.45, 2.75) is 96.5 Å². The van der Waals surface area contributed by atoms with E-state index in [2.05, 4.69) is 21.4 Å². The maximum atomic E-state index is 14.3. The topological polar surface area (TPSA) is 190 Å². The standard InChI is InChI=1S/C32H44N6O8/c1-17(2)34-30(43)36-26(31(3,4)5)29(42)38-15-32(13-21(37-46-32)19-9-10-23-24(12-19)45-16-44-23)14-22(38)28(41)35-20(25(39)27(33)40)11-18-7-6-8-18/h9-10,12-13,17-18,20,22,26,37H,6-8,11,14-16H2,1-5H3,(H2,33,40)(H,35,41)(H2,34,36,43)/t20?,22-,26+,32+/m0/s1. The van der Waals surface area contributed by atoms with Crippen LogP contribution in [0.15, 0.2) is 24.3 Å². The molecule has 14 nitrogen and oxygen atoms in total. The van der Waals surface area contributed by atoms with Crippen LogP contribution >= 0.6 is 0 Å². The Bertz CT molecular complexity index is 1430. The molecule has 3 heterocycles. The number of carbonyl (C=O) groups excluding carboxylic acids is 5. The Hall–Kier alpha value is -4.33. The molecule has 0 radical (unpaired) electrons. The molecule has 1 saturated carbocycles. The van der Waals surface area contributed by atoms with Gasteiger partial charge in [-0.3, -0.25) is 29.5 Å². The third kappa shape index (κ3) is 7.06. The number of primary amides is 1. The second kappa shape index (κ2) is 12.8. The van der Waals surface area contributed by atoms with Crippen LogP contribution in [0.25, 0.3) is 5.70 Å². The van der Waals surface area contributed by atoms with Gasteiger partial charge in [0.2, 0.25) is 24.4 Å². The number of urea groups is 1. The van der Waals surface area contributed by atoms with E-state index in [1.165, 1.54) is 4.90 Å². The predicted molar refractivity (Wildman–Crippen MR) is 166 cm³/mol. The van der Waals surface area contributed by atoms with Gasteiger partial charge in [0.15, 0.2) is 11.5 Å². The van der Waals surface area contributed by atoms with Crippen molar-refractivity contribution in [3.05, 3.63) is 29.8 Å². The molecule has 1 saturated heterocycles. The van der Waals surface area contributed by atoms with Gasteiger partial charge in [0.1, 0.15) is 17.7 Å². The number of benzene rings is 1. The summed E-state index contributed by atoms with van der Waals surface area (Å²) in [6.07, 6.45) is 4.94. The third-order valence-corrected chi connectivity index (χ3v) is 8.87. The number of nitrogens with zero attached hydrogens (tertiary/aromatic N) is 1. The molecule has 0 bridgehead atoms. The Balaban J connectivity index is 1.45.